The smallest absolute Gasteiger partial charge is 0.132 e. The van der Waals surface area contributed by atoms with Crippen molar-refractivity contribution >= 4 is 24.0 Å². The van der Waals surface area contributed by atoms with Crippen molar-refractivity contribution in [1.29, 1.82) is 0 Å². The molecule has 1 heterocycles. The van der Waals surface area contributed by atoms with Gasteiger partial charge in [0.15, 0.2) is 0 Å². The molecule has 0 nitrogen and oxygen atoms in total. The van der Waals surface area contributed by atoms with Crippen molar-refractivity contribution in [2.45, 2.75) is 63.7 Å². The van der Waals surface area contributed by atoms with Crippen LogP contribution in [0, 0.1) is 17.7 Å². The maximum absolute atomic E-state index is 14.6. The quantitative estimate of drug-likeness (QED) is 0.577. The van der Waals surface area contributed by atoms with Gasteiger partial charge in [0, 0.05) is 10.4 Å². The summed E-state index contributed by atoms with van der Waals surface area (Å²) in [7, 11) is 5.78. The summed E-state index contributed by atoms with van der Waals surface area (Å²) in [5.74, 6) is 2.33. The van der Waals surface area contributed by atoms with Gasteiger partial charge in [-0.1, -0.05) is 50.3 Å². The topological polar surface area (TPSA) is 0 Å². The molecule has 0 unspecified atom stereocenters. The molecule has 2 aromatic rings. The van der Waals surface area contributed by atoms with E-state index < -0.39 is 0 Å². The van der Waals surface area contributed by atoms with E-state index in [0.29, 0.717) is 11.5 Å². The maximum atomic E-state index is 14.6. The Bertz CT molecular complexity index is 709. The molecule has 2 saturated carbocycles. The number of hydrogen-bond acceptors (Lipinski definition) is 1. The molecule has 0 N–H and O–H groups in total. The molecule has 3 heteroatoms. The predicted molar refractivity (Wildman–Crippen MR) is 106 cm³/mol. The molecule has 2 radical (unpaired) electrons. The summed E-state index contributed by atoms with van der Waals surface area (Å²) in [6.45, 7) is 0. The Kier molecular flexibility index (Phi) is 5.31. The molecule has 4 rings (SSSR count). The van der Waals surface area contributed by atoms with Crippen LogP contribution in [-0.2, 0) is 0 Å². The second-order valence-corrected chi connectivity index (χ2v) is 9.07. The average Bonchev–Trinajstić information content (AvgIpc) is 3.08. The Hall–Kier alpha value is -1.09. The van der Waals surface area contributed by atoms with Gasteiger partial charge in [-0.25, -0.2) is 4.39 Å². The molecule has 2 aliphatic carbocycles. The first kappa shape index (κ1) is 17.3. The van der Waals surface area contributed by atoms with E-state index in [1.165, 1.54) is 74.7 Å². The van der Waals surface area contributed by atoms with Crippen molar-refractivity contribution in [3.8, 4) is 10.4 Å². The van der Waals surface area contributed by atoms with E-state index in [9.17, 15) is 4.39 Å². The fourth-order valence-corrected chi connectivity index (χ4v) is 5.81. The molecular weight excluding hydrogens is 326 g/mol. The third kappa shape index (κ3) is 3.87. The van der Waals surface area contributed by atoms with Crippen molar-refractivity contribution in [1.82, 2.24) is 0 Å². The number of halogens is 1. The molecule has 0 aliphatic heterocycles. The predicted octanol–water partition coefficient (Wildman–Crippen LogP) is 6.20. The van der Waals surface area contributed by atoms with Gasteiger partial charge in [0.1, 0.15) is 13.7 Å². The normalized spacial score (nSPS) is 25.2. The summed E-state index contributed by atoms with van der Waals surface area (Å²) < 4.78 is 15.4. The van der Waals surface area contributed by atoms with Crippen LogP contribution in [0.5, 0.6) is 0 Å². The van der Waals surface area contributed by atoms with Gasteiger partial charge < -0.3 is 0 Å². The van der Waals surface area contributed by atoms with Gasteiger partial charge in [-0.3, -0.25) is 0 Å². The molecule has 0 atom stereocenters. The van der Waals surface area contributed by atoms with Crippen molar-refractivity contribution in [2.75, 3.05) is 0 Å². The van der Waals surface area contributed by atoms with Gasteiger partial charge in [0.2, 0.25) is 0 Å². The minimum absolute atomic E-state index is 0.103. The first-order valence-electron chi connectivity index (χ1n) is 9.86. The highest BCUT2D eigenvalue weighted by atomic mass is 32.1. The lowest BCUT2D eigenvalue weighted by atomic mass is 9.70. The minimum Gasteiger partial charge on any atom is -0.206 e. The van der Waals surface area contributed by atoms with Crippen LogP contribution in [0.2, 0.25) is 0 Å². The number of hydrogen-bond donors (Lipinski definition) is 0. The summed E-state index contributed by atoms with van der Waals surface area (Å²) >= 11 is 1.45. The molecule has 1 aromatic heterocycles. The third-order valence-corrected chi connectivity index (χ3v) is 7.39. The van der Waals surface area contributed by atoms with Crippen LogP contribution in [0.4, 0.5) is 4.39 Å². The molecule has 0 saturated heterocycles. The van der Waals surface area contributed by atoms with Gasteiger partial charge in [-0.05, 0) is 65.9 Å². The highest BCUT2D eigenvalue weighted by molar-refractivity contribution is 7.23. The van der Waals surface area contributed by atoms with Gasteiger partial charge in [0.05, 0.1) is 0 Å². The summed E-state index contributed by atoms with van der Waals surface area (Å²) in [6.07, 6.45) is 12.3. The third-order valence-electron chi connectivity index (χ3n) is 6.45. The van der Waals surface area contributed by atoms with Gasteiger partial charge in [0.25, 0.3) is 0 Å². The largest absolute Gasteiger partial charge is 0.206 e. The second-order valence-electron chi connectivity index (χ2n) is 7.95. The summed E-state index contributed by atoms with van der Waals surface area (Å²) in [5, 5.41) is 0. The Morgan fingerprint density at radius 3 is 2.20 bits per heavy atom. The fourth-order valence-electron chi connectivity index (χ4n) is 5.01. The lowest BCUT2D eigenvalue weighted by Gasteiger charge is -2.36. The Balaban J connectivity index is 1.42. The number of benzene rings is 1. The number of thiophene rings is 1. The fraction of sp³-hybridized carbons (Fsp3) is 0.545. The lowest BCUT2D eigenvalue weighted by molar-refractivity contribution is 0.186. The molecule has 2 fully saturated rings. The first-order chi connectivity index (χ1) is 12.2. The van der Waals surface area contributed by atoms with E-state index in [1.54, 1.807) is 6.07 Å². The first-order valence-corrected chi connectivity index (χ1v) is 10.7. The molecule has 25 heavy (non-hydrogen) atoms. The Morgan fingerprint density at radius 1 is 0.840 bits per heavy atom. The zero-order valence-electron chi connectivity index (χ0n) is 14.8. The van der Waals surface area contributed by atoms with E-state index in [2.05, 4.69) is 6.07 Å². The van der Waals surface area contributed by atoms with Crippen LogP contribution in [0.15, 0.2) is 30.3 Å². The van der Waals surface area contributed by atoms with E-state index in [-0.39, 0.29) is 5.82 Å². The van der Waals surface area contributed by atoms with E-state index in [0.717, 1.165) is 21.5 Å². The van der Waals surface area contributed by atoms with Crippen molar-refractivity contribution in [2.24, 2.45) is 11.8 Å². The molecule has 0 spiro atoms. The molecule has 0 bridgehead atoms. The van der Waals surface area contributed by atoms with E-state index in [1.807, 2.05) is 18.2 Å². The summed E-state index contributed by atoms with van der Waals surface area (Å²) in [4.78, 5) is 0.919. The summed E-state index contributed by atoms with van der Waals surface area (Å²) in [6, 6.07) is 9.62. The van der Waals surface area contributed by atoms with Crippen LogP contribution in [0.3, 0.4) is 0 Å². The van der Waals surface area contributed by atoms with Crippen LogP contribution < -0.4 is 4.78 Å². The lowest BCUT2D eigenvalue weighted by Crippen LogP contribution is -2.23. The van der Waals surface area contributed by atoms with Crippen molar-refractivity contribution < 1.29 is 4.39 Å². The Labute approximate surface area is 156 Å². The van der Waals surface area contributed by atoms with Gasteiger partial charge in [-0.2, -0.15) is 11.3 Å². The second kappa shape index (κ2) is 7.66. The SMILES string of the molecule is [B]c1ccc(-c2ccc(C3CCC(C4CCCCC4)CC3)cc2F)s1. The molecular formula is C22H26BFS. The van der Waals surface area contributed by atoms with Crippen LogP contribution in [-0.4, -0.2) is 7.85 Å². The zero-order valence-corrected chi connectivity index (χ0v) is 15.7. The molecule has 130 valence electrons. The standard InChI is InChI=1S/C22H26BFS/c23-22-13-12-21(25-22)19-11-10-18(14-20(19)24)17-8-6-16(7-9-17)15-4-2-1-3-5-15/h10-17H,1-9H2. The zero-order chi connectivity index (χ0) is 17.2. The highest BCUT2D eigenvalue weighted by Crippen LogP contribution is 2.43. The van der Waals surface area contributed by atoms with Gasteiger partial charge >= 0.3 is 0 Å². The Morgan fingerprint density at radius 2 is 1.56 bits per heavy atom. The van der Waals surface area contributed by atoms with E-state index >= 15 is 0 Å². The summed E-state index contributed by atoms with van der Waals surface area (Å²) in [5.41, 5.74) is 1.87. The van der Waals surface area contributed by atoms with Crippen molar-refractivity contribution in [3.63, 3.8) is 0 Å². The number of rotatable bonds is 3. The van der Waals surface area contributed by atoms with Crippen LogP contribution in [0.25, 0.3) is 10.4 Å². The van der Waals surface area contributed by atoms with Crippen molar-refractivity contribution in [3.05, 3.63) is 41.7 Å². The molecule has 0 amide bonds. The van der Waals surface area contributed by atoms with Crippen LogP contribution >= 0.6 is 11.3 Å². The molecule has 2 aliphatic rings. The van der Waals surface area contributed by atoms with E-state index in [4.69, 9.17) is 7.85 Å². The maximum Gasteiger partial charge on any atom is 0.132 e. The molecule has 1 aromatic carbocycles. The highest BCUT2D eigenvalue weighted by Gasteiger charge is 2.29. The monoisotopic (exact) mass is 352 g/mol. The van der Waals surface area contributed by atoms with Gasteiger partial charge in [-0.15, -0.1) is 0 Å². The minimum atomic E-state index is -0.103. The van der Waals surface area contributed by atoms with Crippen LogP contribution in [0.1, 0.15) is 69.3 Å². The average molecular weight is 352 g/mol.